The summed E-state index contributed by atoms with van der Waals surface area (Å²) in [6.45, 7) is 0.380. The fourth-order valence-electron chi connectivity index (χ4n) is 3.81. The fraction of sp³-hybridized carbons (Fsp3) is 0.120. The first kappa shape index (κ1) is 23.7. The van der Waals surface area contributed by atoms with E-state index in [2.05, 4.69) is 15.5 Å². The van der Waals surface area contributed by atoms with Crippen molar-refractivity contribution in [2.75, 3.05) is 5.43 Å². The van der Waals surface area contributed by atoms with Gasteiger partial charge in [0, 0.05) is 17.1 Å². The molecule has 182 valence electrons. The van der Waals surface area contributed by atoms with Crippen molar-refractivity contribution < 1.29 is 4.42 Å². The Balaban J connectivity index is 1.64. The van der Waals surface area contributed by atoms with Crippen LogP contribution in [0.1, 0.15) is 16.9 Å². The summed E-state index contributed by atoms with van der Waals surface area (Å²) < 4.78 is 9.49. The van der Waals surface area contributed by atoms with Gasteiger partial charge in [-0.1, -0.05) is 47.5 Å². The molecule has 36 heavy (non-hydrogen) atoms. The van der Waals surface area contributed by atoms with Crippen LogP contribution in [0, 0.1) is 0 Å². The van der Waals surface area contributed by atoms with Crippen molar-refractivity contribution in [3.05, 3.63) is 115 Å². The van der Waals surface area contributed by atoms with Crippen LogP contribution in [0.2, 0.25) is 10.0 Å². The van der Waals surface area contributed by atoms with Gasteiger partial charge in [-0.2, -0.15) is 10.1 Å². The van der Waals surface area contributed by atoms with E-state index >= 15 is 0 Å². The first-order valence-corrected chi connectivity index (χ1v) is 11.7. The van der Waals surface area contributed by atoms with Crippen LogP contribution in [-0.4, -0.2) is 24.9 Å². The highest BCUT2D eigenvalue weighted by molar-refractivity contribution is 6.30. The number of anilines is 1. The first-order chi connectivity index (χ1) is 17.4. The molecule has 0 saturated heterocycles. The first-order valence-electron chi connectivity index (χ1n) is 10.9. The average Bonchev–Trinajstić information content (AvgIpc) is 3.52. The molecule has 9 nitrogen and oxygen atoms in total. The molecule has 0 bridgehead atoms. The molecule has 0 aliphatic carbocycles. The number of halogens is 2. The number of hydrazone groups is 1. The molecule has 3 aromatic heterocycles. The topological polar surface area (TPSA) is 99.3 Å². The lowest BCUT2D eigenvalue weighted by molar-refractivity contribution is 0.560. The van der Waals surface area contributed by atoms with Crippen molar-refractivity contribution in [2.45, 2.75) is 13.1 Å². The Kier molecular flexibility index (Phi) is 6.49. The second-order valence-electron chi connectivity index (χ2n) is 8.07. The van der Waals surface area contributed by atoms with E-state index in [0.717, 1.165) is 11.1 Å². The summed E-state index contributed by atoms with van der Waals surface area (Å²) in [5.41, 5.74) is 4.08. The molecule has 3 heterocycles. The van der Waals surface area contributed by atoms with E-state index in [1.165, 1.54) is 21.6 Å². The Bertz CT molecular complexity index is 1670. The van der Waals surface area contributed by atoms with Crippen LogP contribution < -0.4 is 16.7 Å². The number of hydrogen-bond donors (Lipinski definition) is 1. The molecule has 2 aromatic carbocycles. The van der Waals surface area contributed by atoms with Crippen LogP contribution in [0.25, 0.3) is 11.2 Å². The van der Waals surface area contributed by atoms with Crippen LogP contribution in [0.15, 0.2) is 86.0 Å². The van der Waals surface area contributed by atoms with E-state index < -0.39 is 11.2 Å². The van der Waals surface area contributed by atoms with Crippen LogP contribution in [-0.2, 0) is 20.1 Å². The zero-order valence-corrected chi connectivity index (χ0v) is 20.6. The van der Waals surface area contributed by atoms with Gasteiger partial charge in [-0.05, 0) is 47.5 Å². The van der Waals surface area contributed by atoms with Gasteiger partial charge in [0.1, 0.15) is 5.76 Å². The maximum absolute atomic E-state index is 13.7. The highest BCUT2D eigenvalue weighted by Gasteiger charge is 2.21. The average molecular weight is 523 g/mol. The van der Waals surface area contributed by atoms with Crippen molar-refractivity contribution in [3.63, 3.8) is 0 Å². The monoisotopic (exact) mass is 522 g/mol. The molecule has 0 aliphatic rings. The Morgan fingerprint density at radius 2 is 1.56 bits per heavy atom. The lowest BCUT2D eigenvalue weighted by Gasteiger charge is -2.11. The molecule has 0 aliphatic heterocycles. The molecule has 0 amide bonds. The number of hydrogen-bond acceptors (Lipinski definition) is 6. The second-order valence-corrected chi connectivity index (χ2v) is 8.94. The number of aryl methyl sites for hydroxylation is 1. The number of nitrogens with zero attached hydrogens (tertiary/aromatic N) is 5. The minimum atomic E-state index is -0.482. The largest absolute Gasteiger partial charge is 0.463 e. The van der Waals surface area contributed by atoms with Gasteiger partial charge in [-0.3, -0.25) is 18.5 Å². The molecular formula is C25H20Cl2N6O3. The van der Waals surface area contributed by atoms with E-state index in [9.17, 15) is 9.59 Å². The zero-order valence-electron chi connectivity index (χ0n) is 19.1. The van der Waals surface area contributed by atoms with E-state index in [1.807, 2.05) is 12.1 Å². The third-order valence-corrected chi connectivity index (χ3v) is 6.14. The number of fused-ring (bicyclic) bond motifs is 1. The van der Waals surface area contributed by atoms with Gasteiger partial charge in [0.25, 0.3) is 5.56 Å². The Morgan fingerprint density at radius 1 is 0.944 bits per heavy atom. The lowest BCUT2D eigenvalue weighted by atomic mass is 10.2. The second kappa shape index (κ2) is 9.88. The van der Waals surface area contributed by atoms with Gasteiger partial charge in [-0.15, -0.1) is 0 Å². The predicted molar refractivity (Wildman–Crippen MR) is 140 cm³/mol. The summed E-state index contributed by atoms with van der Waals surface area (Å²) in [4.78, 5) is 31.3. The summed E-state index contributed by atoms with van der Waals surface area (Å²) in [6.07, 6.45) is 3.03. The van der Waals surface area contributed by atoms with Crippen molar-refractivity contribution in [2.24, 2.45) is 12.1 Å². The molecule has 0 fully saturated rings. The minimum absolute atomic E-state index is 0.0874. The van der Waals surface area contributed by atoms with E-state index in [-0.39, 0.29) is 17.7 Å². The van der Waals surface area contributed by atoms with Crippen LogP contribution in [0.5, 0.6) is 0 Å². The number of imidazole rings is 1. The maximum atomic E-state index is 13.7. The lowest BCUT2D eigenvalue weighted by Crippen LogP contribution is -2.40. The molecule has 5 rings (SSSR count). The Labute approximate surface area is 214 Å². The highest BCUT2D eigenvalue weighted by Crippen LogP contribution is 2.20. The molecule has 11 heteroatoms. The molecule has 0 atom stereocenters. The molecule has 0 saturated carbocycles. The maximum Gasteiger partial charge on any atom is 0.332 e. The van der Waals surface area contributed by atoms with Crippen molar-refractivity contribution in [1.29, 1.82) is 0 Å². The van der Waals surface area contributed by atoms with Crippen molar-refractivity contribution in [3.8, 4) is 0 Å². The summed E-state index contributed by atoms with van der Waals surface area (Å²) in [5, 5.41) is 5.36. The molecule has 0 unspecified atom stereocenters. The third-order valence-electron chi connectivity index (χ3n) is 5.64. The van der Waals surface area contributed by atoms with Gasteiger partial charge in [0.15, 0.2) is 11.2 Å². The quantitative estimate of drug-likeness (QED) is 0.253. The minimum Gasteiger partial charge on any atom is -0.463 e. The van der Waals surface area contributed by atoms with E-state index in [1.54, 1.807) is 60.1 Å². The highest BCUT2D eigenvalue weighted by atomic mass is 35.5. The molecule has 1 N–H and O–H groups in total. The van der Waals surface area contributed by atoms with Gasteiger partial charge in [-0.25, -0.2) is 10.2 Å². The molecule has 5 aromatic rings. The molecule has 0 spiro atoms. The number of furan rings is 1. The van der Waals surface area contributed by atoms with Crippen LogP contribution in [0.4, 0.5) is 5.95 Å². The van der Waals surface area contributed by atoms with Gasteiger partial charge >= 0.3 is 5.69 Å². The molecular weight excluding hydrogens is 503 g/mol. The summed E-state index contributed by atoms with van der Waals surface area (Å²) in [5.74, 6) is 0.833. The van der Waals surface area contributed by atoms with Crippen LogP contribution >= 0.6 is 23.2 Å². The smallest absolute Gasteiger partial charge is 0.332 e. The van der Waals surface area contributed by atoms with E-state index in [0.29, 0.717) is 28.3 Å². The SMILES string of the molecule is Cn1c(=O)n(Cc2ccc(Cl)cc2)c(=O)c2c1nc(NN=Cc1ccco1)n2Cc1ccc(Cl)cc1. The van der Waals surface area contributed by atoms with E-state index in [4.69, 9.17) is 27.6 Å². The van der Waals surface area contributed by atoms with Gasteiger partial charge in [0.05, 0.1) is 25.6 Å². The standard InChI is InChI=1S/C25H20Cl2N6O3/c1-31-22-21(23(34)33(25(31)35)15-17-6-10-19(27)11-7-17)32(14-16-4-8-18(26)9-5-16)24(29-22)30-28-13-20-3-2-12-36-20/h2-13H,14-15H2,1H3,(H,29,30). The third kappa shape index (κ3) is 4.71. The normalized spacial score (nSPS) is 11.5. The van der Waals surface area contributed by atoms with Crippen LogP contribution in [0.3, 0.4) is 0 Å². The Hall–Kier alpha value is -4.08. The fourth-order valence-corrected chi connectivity index (χ4v) is 4.07. The summed E-state index contributed by atoms with van der Waals surface area (Å²) in [7, 11) is 1.58. The predicted octanol–water partition coefficient (Wildman–Crippen LogP) is 4.34. The zero-order chi connectivity index (χ0) is 25.2. The summed E-state index contributed by atoms with van der Waals surface area (Å²) in [6, 6.07) is 17.7. The van der Waals surface area contributed by atoms with Crippen molar-refractivity contribution in [1.82, 2.24) is 18.7 Å². The number of rotatable bonds is 7. The number of aromatic nitrogens is 4. The van der Waals surface area contributed by atoms with Gasteiger partial charge < -0.3 is 4.42 Å². The van der Waals surface area contributed by atoms with Gasteiger partial charge in [0.2, 0.25) is 5.95 Å². The summed E-state index contributed by atoms with van der Waals surface area (Å²) >= 11 is 12.0. The number of nitrogens with one attached hydrogen (secondary N) is 1. The molecule has 0 radical (unpaired) electrons. The van der Waals surface area contributed by atoms with Crippen molar-refractivity contribution >= 4 is 46.5 Å². The Morgan fingerprint density at radius 3 is 2.14 bits per heavy atom. The number of benzene rings is 2.